The Hall–Kier alpha value is -3.28. The van der Waals surface area contributed by atoms with Gasteiger partial charge in [0, 0.05) is 44.3 Å². The zero-order valence-electron chi connectivity index (χ0n) is 19.2. The minimum atomic E-state index is 0.152. The van der Waals surface area contributed by atoms with Crippen LogP contribution >= 0.6 is 0 Å². The molecule has 0 aliphatic carbocycles. The van der Waals surface area contributed by atoms with Gasteiger partial charge in [-0.05, 0) is 49.9 Å². The molecule has 2 heterocycles. The van der Waals surface area contributed by atoms with E-state index in [0.29, 0.717) is 6.54 Å². The van der Waals surface area contributed by atoms with Crippen LogP contribution in [0.4, 0.5) is 5.69 Å². The van der Waals surface area contributed by atoms with Gasteiger partial charge in [0.1, 0.15) is 12.4 Å². The highest BCUT2D eigenvalue weighted by molar-refractivity contribution is 5.80. The summed E-state index contributed by atoms with van der Waals surface area (Å²) in [6.07, 6.45) is 6.44. The van der Waals surface area contributed by atoms with Crippen LogP contribution in [0, 0.1) is 0 Å². The molecule has 2 N–H and O–H groups in total. The molecule has 6 heteroatoms. The minimum absolute atomic E-state index is 0.152. The van der Waals surface area contributed by atoms with Gasteiger partial charge in [-0.15, -0.1) is 0 Å². The van der Waals surface area contributed by atoms with Crippen LogP contribution in [0.1, 0.15) is 49.7 Å². The number of imidazole rings is 1. The summed E-state index contributed by atoms with van der Waals surface area (Å²) in [6.45, 7) is 8.73. The first-order valence-electron chi connectivity index (χ1n) is 11.7. The Balaban J connectivity index is 1.43. The van der Waals surface area contributed by atoms with Crippen molar-refractivity contribution in [1.82, 2.24) is 20.2 Å². The first kappa shape index (κ1) is 21.9. The number of aromatic nitrogens is 2. The largest absolute Gasteiger partial charge is 0.372 e. The van der Waals surface area contributed by atoms with Gasteiger partial charge in [-0.3, -0.25) is 0 Å². The normalized spacial score (nSPS) is 15.1. The molecule has 168 valence electrons. The third-order valence-electron chi connectivity index (χ3n) is 5.91. The Labute approximate surface area is 191 Å². The number of rotatable bonds is 8. The number of aliphatic imine (C=N–C) groups is 1. The molecule has 0 amide bonds. The lowest BCUT2D eigenvalue weighted by atomic mass is 10.1. The maximum absolute atomic E-state index is 4.82. The second-order valence-electron chi connectivity index (χ2n) is 8.31. The van der Waals surface area contributed by atoms with Crippen molar-refractivity contribution in [1.29, 1.82) is 0 Å². The highest BCUT2D eigenvalue weighted by Crippen LogP contribution is 2.24. The average Bonchev–Trinajstić information content (AvgIpc) is 3.51. The van der Waals surface area contributed by atoms with E-state index in [1.807, 2.05) is 18.5 Å². The van der Waals surface area contributed by atoms with Gasteiger partial charge < -0.3 is 20.1 Å². The maximum atomic E-state index is 4.82. The van der Waals surface area contributed by atoms with E-state index in [4.69, 9.17) is 4.99 Å². The van der Waals surface area contributed by atoms with Gasteiger partial charge in [-0.25, -0.2) is 9.98 Å². The summed E-state index contributed by atoms with van der Waals surface area (Å²) in [4.78, 5) is 11.8. The smallest absolute Gasteiger partial charge is 0.192 e. The van der Waals surface area contributed by atoms with E-state index >= 15 is 0 Å². The number of anilines is 1. The molecule has 1 fully saturated rings. The number of hydrogen-bond acceptors (Lipinski definition) is 3. The van der Waals surface area contributed by atoms with E-state index < -0.39 is 0 Å². The number of guanidine groups is 1. The number of benzene rings is 2. The SMILES string of the molecule is CCNC(=NCc1nccn1Cc1ccccc1)NC(C)c1cccc(N2CCCC2)c1. The lowest BCUT2D eigenvalue weighted by Crippen LogP contribution is -2.38. The molecule has 1 saturated heterocycles. The fourth-order valence-electron chi connectivity index (χ4n) is 4.14. The molecule has 0 spiro atoms. The van der Waals surface area contributed by atoms with Crippen molar-refractivity contribution in [2.45, 2.75) is 45.8 Å². The van der Waals surface area contributed by atoms with E-state index in [2.05, 4.69) is 87.5 Å². The highest BCUT2D eigenvalue weighted by atomic mass is 15.2. The lowest BCUT2D eigenvalue weighted by molar-refractivity contribution is 0.676. The Morgan fingerprint density at radius 3 is 2.69 bits per heavy atom. The lowest BCUT2D eigenvalue weighted by Gasteiger charge is -2.22. The van der Waals surface area contributed by atoms with Crippen LogP contribution in [0.5, 0.6) is 0 Å². The van der Waals surface area contributed by atoms with Gasteiger partial charge in [0.25, 0.3) is 0 Å². The van der Waals surface area contributed by atoms with Gasteiger partial charge in [0.05, 0.1) is 6.04 Å². The molecule has 2 aromatic carbocycles. The van der Waals surface area contributed by atoms with E-state index in [1.165, 1.54) is 29.7 Å². The van der Waals surface area contributed by atoms with Gasteiger partial charge in [0.2, 0.25) is 0 Å². The van der Waals surface area contributed by atoms with Crippen molar-refractivity contribution in [2.24, 2.45) is 4.99 Å². The van der Waals surface area contributed by atoms with Crippen molar-refractivity contribution >= 4 is 11.6 Å². The molecule has 1 atom stereocenters. The first-order chi connectivity index (χ1) is 15.7. The molecular weight excluding hydrogens is 396 g/mol. The van der Waals surface area contributed by atoms with Crippen molar-refractivity contribution in [3.63, 3.8) is 0 Å². The molecule has 6 nitrogen and oxygen atoms in total. The van der Waals surface area contributed by atoms with Crippen LogP contribution in [-0.4, -0.2) is 35.1 Å². The Morgan fingerprint density at radius 1 is 1.09 bits per heavy atom. The van der Waals surface area contributed by atoms with Crippen molar-refractivity contribution < 1.29 is 0 Å². The summed E-state index contributed by atoms with van der Waals surface area (Å²) >= 11 is 0. The highest BCUT2D eigenvalue weighted by Gasteiger charge is 2.14. The number of nitrogens with one attached hydrogen (secondary N) is 2. The molecule has 1 aliphatic heterocycles. The molecule has 0 saturated carbocycles. The van der Waals surface area contributed by atoms with Crippen LogP contribution < -0.4 is 15.5 Å². The van der Waals surface area contributed by atoms with Gasteiger partial charge in [-0.1, -0.05) is 42.5 Å². The predicted octanol–water partition coefficient (Wildman–Crippen LogP) is 4.35. The topological polar surface area (TPSA) is 57.5 Å². The third kappa shape index (κ3) is 5.69. The monoisotopic (exact) mass is 430 g/mol. The Kier molecular flexibility index (Phi) is 7.43. The molecule has 1 aliphatic rings. The molecule has 1 unspecified atom stereocenters. The number of nitrogens with zero attached hydrogens (tertiary/aromatic N) is 4. The fraction of sp³-hybridized carbons (Fsp3) is 0.385. The van der Waals surface area contributed by atoms with Crippen molar-refractivity contribution in [3.8, 4) is 0 Å². The van der Waals surface area contributed by atoms with Crippen LogP contribution in [-0.2, 0) is 13.1 Å². The van der Waals surface area contributed by atoms with Crippen molar-refractivity contribution in [3.05, 3.63) is 83.9 Å². The summed E-state index contributed by atoms with van der Waals surface area (Å²) in [6, 6.07) is 19.5. The van der Waals surface area contributed by atoms with Crippen LogP contribution in [0.25, 0.3) is 0 Å². The zero-order valence-corrected chi connectivity index (χ0v) is 19.2. The molecule has 3 aromatic rings. The molecule has 32 heavy (non-hydrogen) atoms. The summed E-state index contributed by atoms with van der Waals surface area (Å²) in [5.74, 6) is 1.76. The summed E-state index contributed by atoms with van der Waals surface area (Å²) in [7, 11) is 0. The third-order valence-corrected chi connectivity index (χ3v) is 5.91. The summed E-state index contributed by atoms with van der Waals surface area (Å²) in [5.41, 5.74) is 3.84. The predicted molar refractivity (Wildman–Crippen MR) is 132 cm³/mol. The molecule has 0 bridgehead atoms. The molecular formula is C26H34N6. The van der Waals surface area contributed by atoms with Gasteiger partial charge in [0.15, 0.2) is 5.96 Å². The van der Waals surface area contributed by atoms with E-state index in [1.54, 1.807) is 0 Å². The first-order valence-corrected chi connectivity index (χ1v) is 11.7. The average molecular weight is 431 g/mol. The van der Waals surface area contributed by atoms with E-state index in [9.17, 15) is 0 Å². The number of hydrogen-bond donors (Lipinski definition) is 2. The van der Waals surface area contributed by atoms with Crippen molar-refractivity contribution in [2.75, 3.05) is 24.5 Å². The van der Waals surface area contributed by atoms with Gasteiger partial charge >= 0.3 is 0 Å². The maximum Gasteiger partial charge on any atom is 0.192 e. The van der Waals surface area contributed by atoms with Crippen LogP contribution in [0.3, 0.4) is 0 Å². The Morgan fingerprint density at radius 2 is 1.91 bits per heavy atom. The zero-order chi connectivity index (χ0) is 22.2. The summed E-state index contributed by atoms with van der Waals surface area (Å²) < 4.78 is 2.16. The molecule has 4 rings (SSSR count). The molecule has 1 aromatic heterocycles. The van der Waals surface area contributed by atoms with Crippen LogP contribution in [0.2, 0.25) is 0 Å². The van der Waals surface area contributed by atoms with E-state index in [-0.39, 0.29) is 6.04 Å². The Bertz CT molecular complexity index is 1000. The standard InChI is InChI=1S/C26H34N6/c1-3-27-26(29-19-25-28-14-17-32(25)20-22-10-5-4-6-11-22)30-21(2)23-12-9-13-24(18-23)31-15-7-8-16-31/h4-6,9-14,17-18,21H,3,7-8,15-16,19-20H2,1-2H3,(H2,27,29,30). The summed E-state index contributed by atoms with van der Waals surface area (Å²) in [5, 5.41) is 6.94. The fourth-order valence-corrected chi connectivity index (χ4v) is 4.14. The van der Waals surface area contributed by atoms with E-state index in [0.717, 1.165) is 38.0 Å². The minimum Gasteiger partial charge on any atom is -0.372 e. The second-order valence-corrected chi connectivity index (χ2v) is 8.31. The van der Waals surface area contributed by atoms with Crippen LogP contribution in [0.15, 0.2) is 72.0 Å². The van der Waals surface area contributed by atoms with Gasteiger partial charge in [-0.2, -0.15) is 0 Å². The molecule has 0 radical (unpaired) electrons. The second kappa shape index (κ2) is 10.8. The quantitative estimate of drug-likeness (QED) is 0.412.